The van der Waals surface area contributed by atoms with E-state index in [9.17, 15) is 4.79 Å². The van der Waals surface area contributed by atoms with E-state index in [0.717, 1.165) is 24.8 Å². The third-order valence-electron chi connectivity index (χ3n) is 4.39. The number of nitrogens with zero attached hydrogens (tertiary/aromatic N) is 1. The highest BCUT2D eigenvalue weighted by molar-refractivity contribution is 6.30. The number of hydrogen-bond donors (Lipinski definition) is 1. The fourth-order valence-corrected chi connectivity index (χ4v) is 2.85. The second kappa shape index (κ2) is 5.51. The lowest BCUT2D eigenvalue weighted by Gasteiger charge is -2.43. The summed E-state index contributed by atoms with van der Waals surface area (Å²) in [6.07, 6.45) is 2.92. The number of carbonyl (C=O) groups excluding carboxylic acids is 1. The first-order valence-electron chi connectivity index (χ1n) is 6.73. The zero-order valence-electron chi connectivity index (χ0n) is 11.5. The first-order valence-corrected chi connectivity index (χ1v) is 7.11. The van der Waals surface area contributed by atoms with E-state index in [1.165, 1.54) is 0 Å². The number of benzene rings is 1. The topological polar surface area (TPSA) is 46.3 Å². The Morgan fingerprint density at radius 2 is 2.21 bits per heavy atom. The molecule has 2 rings (SSSR count). The standard InChI is InChI=1S/C15H21ClN2O/c1-11(12-5-3-6-13(16)9-12)18(2)14(19)15(10-17)7-4-8-15/h3,5-6,9,11H,4,7-8,10,17H2,1-2H3. The van der Waals surface area contributed by atoms with Crippen molar-refractivity contribution in [1.82, 2.24) is 4.90 Å². The minimum atomic E-state index is -0.318. The van der Waals surface area contributed by atoms with Gasteiger partial charge in [0, 0.05) is 18.6 Å². The molecule has 0 radical (unpaired) electrons. The van der Waals surface area contributed by atoms with Gasteiger partial charge in [0.15, 0.2) is 0 Å². The van der Waals surface area contributed by atoms with Crippen LogP contribution in [0.2, 0.25) is 5.02 Å². The third-order valence-corrected chi connectivity index (χ3v) is 4.62. The molecule has 0 bridgehead atoms. The van der Waals surface area contributed by atoms with Gasteiger partial charge in [-0.2, -0.15) is 0 Å². The summed E-state index contributed by atoms with van der Waals surface area (Å²) in [7, 11) is 1.85. The first-order chi connectivity index (χ1) is 9.00. The maximum atomic E-state index is 12.6. The molecule has 2 N–H and O–H groups in total. The van der Waals surface area contributed by atoms with E-state index in [4.69, 9.17) is 17.3 Å². The molecule has 104 valence electrons. The molecule has 1 amide bonds. The minimum absolute atomic E-state index is 0.00947. The van der Waals surface area contributed by atoms with Gasteiger partial charge in [0.2, 0.25) is 5.91 Å². The van der Waals surface area contributed by atoms with E-state index in [1.807, 2.05) is 38.2 Å². The molecule has 1 unspecified atom stereocenters. The average Bonchev–Trinajstić information content (AvgIpc) is 2.36. The van der Waals surface area contributed by atoms with Crippen LogP contribution in [-0.2, 0) is 4.79 Å². The Bertz CT molecular complexity index is 465. The second-order valence-corrected chi connectivity index (χ2v) is 5.92. The second-order valence-electron chi connectivity index (χ2n) is 5.49. The van der Waals surface area contributed by atoms with Crippen molar-refractivity contribution in [3.05, 3.63) is 34.9 Å². The molecule has 1 aliphatic rings. The summed E-state index contributed by atoms with van der Waals surface area (Å²) in [5.41, 5.74) is 6.53. The highest BCUT2D eigenvalue weighted by Gasteiger charge is 2.45. The molecule has 0 saturated heterocycles. The monoisotopic (exact) mass is 280 g/mol. The van der Waals surface area contributed by atoms with Gasteiger partial charge in [-0.1, -0.05) is 30.2 Å². The molecule has 3 nitrogen and oxygen atoms in total. The molecule has 1 aromatic carbocycles. The number of nitrogens with two attached hydrogens (primary N) is 1. The van der Waals surface area contributed by atoms with Crippen LogP contribution in [0.1, 0.15) is 37.8 Å². The Kier molecular flexibility index (Phi) is 4.16. The van der Waals surface area contributed by atoms with E-state index in [0.29, 0.717) is 11.6 Å². The molecule has 1 atom stereocenters. The summed E-state index contributed by atoms with van der Waals surface area (Å²) in [6.45, 7) is 2.46. The third kappa shape index (κ3) is 2.63. The number of rotatable bonds is 4. The van der Waals surface area contributed by atoms with E-state index >= 15 is 0 Å². The largest absolute Gasteiger partial charge is 0.338 e. The Labute approximate surface area is 119 Å². The zero-order valence-corrected chi connectivity index (χ0v) is 12.3. The van der Waals surface area contributed by atoms with E-state index in [-0.39, 0.29) is 17.4 Å². The molecule has 0 spiro atoms. The van der Waals surface area contributed by atoms with Crippen molar-refractivity contribution in [2.75, 3.05) is 13.6 Å². The van der Waals surface area contributed by atoms with Gasteiger partial charge in [0.25, 0.3) is 0 Å². The van der Waals surface area contributed by atoms with E-state index in [2.05, 4.69) is 0 Å². The fourth-order valence-electron chi connectivity index (χ4n) is 2.65. The van der Waals surface area contributed by atoms with Gasteiger partial charge in [-0.3, -0.25) is 4.79 Å². The lowest BCUT2D eigenvalue weighted by molar-refractivity contribution is -0.147. The highest BCUT2D eigenvalue weighted by atomic mass is 35.5. The molecule has 1 fully saturated rings. The van der Waals surface area contributed by atoms with Crippen LogP contribution in [-0.4, -0.2) is 24.4 Å². The summed E-state index contributed by atoms with van der Waals surface area (Å²) in [5, 5.41) is 0.697. The maximum Gasteiger partial charge on any atom is 0.230 e. The van der Waals surface area contributed by atoms with Crippen molar-refractivity contribution in [2.24, 2.45) is 11.1 Å². The fraction of sp³-hybridized carbons (Fsp3) is 0.533. The van der Waals surface area contributed by atoms with Gasteiger partial charge < -0.3 is 10.6 Å². The van der Waals surface area contributed by atoms with Crippen molar-refractivity contribution in [2.45, 2.75) is 32.2 Å². The highest BCUT2D eigenvalue weighted by Crippen LogP contribution is 2.42. The predicted molar refractivity (Wildman–Crippen MR) is 78.0 cm³/mol. The number of amides is 1. The molecule has 0 aliphatic heterocycles. The lowest BCUT2D eigenvalue weighted by atomic mass is 9.67. The predicted octanol–water partition coefficient (Wildman–Crippen LogP) is 2.99. The Morgan fingerprint density at radius 1 is 1.53 bits per heavy atom. The van der Waals surface area contributed by atoms with Gasteiger partial charge in [-0.15, -0.1) is 0 Å². The molecule has 0 aromatic heterocycles. The van der Waals surface area contributed by atoms with Gasteiger partial charge >= 0.3 is 0 Å². The van der Waals surface area contributed by atoms with Crippen LogP contribution in [0.15, 0.2) is 24.3 Å². The molecule has 1 saturated carbocycles. The normalized spacial score (nSPS) is 18.5. The number of halogens is 1. The summed E-state index contributed by atoms with van der Waals surface area (Å²) in [4.78, 5) is 14.4. The van der Waals surface area contributed by atoms with Crippen molar-refractivity contribution in [1.29, 1.82) is 0 Å². The van der Waals surface area contributed by atoms with E-state index in [1.54, 1.807) is 4.90 Å². The summed E-state index contributed by atoms with van der Waals surface area (Å²) in [6, 6.07) is 7.67. The first kappa shape index (κ1) is 14.4. The van der Waals surface area contributed by atoms with Gasteiger partial charge in [-0.05, 0) is 37.5 Å². The zero-order chi connectivity index (χ0) is 14.0. The molecular formula is C15H21ClN2O. The van der Waals surface area contributed by atoms with Gasteiger partial charge in [-0.25, -0.2) is 0 Å². The average molecular weight is 281 g/mol. The van der Waals surface area contributed by atoms with Crippen LogP contribution in [0.5, 0.6) is 0 Å². The summed E-state index contributed by atoms with van der Waals surface area (Å²) in [5.74, 6) is 0.161. The van der Waals surface area contributed by atoms with Crippen molar-refractivity contribution in [3.8, 4) is 0 Å². The molecule has 19 heavy (non-hydrogen) atoms. The van der Waals surface area contributed by atoms with Crippen molar-refractivity contribution in [3.63, 3.8) is 0 Å². The smallest absolute Gasteiger partial charge is 0.230 e. The number of carbonyl (C=O) groups is 1. The summed E-state index contributed by atoms with van der Waals surface area (Å²) >= 11 is 6.01. The van der Waals surface area contributed by atoms with Crippen LogP contribution < -0.4 is 5.73 Å². The summed E-state index contributed by atoms with van der Waals surface area (Å²) < 4.78 is 0. The van der Waals surface area contributed by atoms with E-state index < -0.39 is 0 Å². The molecule has 1 aliphatic carbocycles. The maximum absolute atomic E-state index is 12.6. The van der Waals surface area contributed by atoms with Crippen LogP contribution in [0.3, 0.4) is 0 Å². The molecular weight excluding hydrogens is 260 g/mol. The number of hydrogen-bond acceptors (Lipinski definition) is 2. The van der Waals surface area contributed by atoms with Crippen LogP contribution in [0.25, 0.3) is 0 Å². The molecule has 0 heterocycles. The molecule has 4 heteroatoms. The SMILES string of the molecule is CC(c1cccc(Cl)c1)N(C)C(=O)C1(CN)CCC1. The van der Waals surface area contributed by atoms with Crippen molar-refractivity contribution < 1.29 is 4.79 Å². The quantitative estimate of drug-likeness (QED) is 0.922. The lowest BCUT2D eigenvalue weighted by Crippen LogP contribution is -2.51. The Hall–Kier alpha value is -1.06. The van der Waals surface area contributed by atoms with Gasteiger partial charge in [0.1, 0.15) is 0 Å². The van der Waals surface area contributed by atoms with Crippen LogP contribution in [0, 0.1) is 5.41 Å². The van der Waals surface area contributed by atoms with Crippen molar-refractivity contribution >= 4 is 17.5 Å². The molecule has 1 aromatic rings. The van der Waals surface area contributed by atoms with Crippen LogP contribution >= 0.6 is 11.6 Å². The Balaban J connectivity index is 2.15. The Morgan fingerprint density at radius 3 is 2.68 bits per heavy atom. The minimum Gasteiger partial charge on any atom is -0.338 e. The van der Waals surface area contributed by atoms with Gasteiger partial charge in [0.05, 0.1) is 11.5 Å². The van der Waals surface area contributed by atoms with Crippen LogP contribution in [0.4, 0.5) is 0 Å².